The Bertz CT molecular complexity index is 545. The van der Waals surface area contributed by atoms with E-state index in [-0.39, 0.29) is 5.82 Å². The number of aliphatic hydroxyl groups is 1. The van der Waals surface area contributed by atoms with Crippen molar-refractivity contribution in [3.8, 4) is 0 Å². The van der Waals surface area contributed by atoms with Crippen LogP contribution in [-0.2, 0) is 6.42 Å². The quantitative estimate of drug-likeness (QED) is 0.880. The molecule has 1 aromatic carbocycles. The largest absolute Gasteiger partial charge is 0.388 e. The molecule has 0 spiro atoms. The van der Waals surface area contributed by atoms with E-state index in [4.69, 9.17) is 0 Å². The highest BCUT2D eigenvalue weighted by molar-refractivity contribution is 9.10. The minimum atomic E-state index is -0.788. The lowest BCUT2D eigenvalue weighted by molar-refractivity contribution is 0.176. The molecule has 0 aliphatic heterocycles. The molecule has 0 bridgehead atoms. The maximum Gasteiger partial charge on any atom is 0.137 e. The molecule has 1 aromatic heterocycles. The third-order valence-corrected chi connectivity index (χ3v) is 3.84. The van der Waals surface area contributed by atoms with E-state index in [0.717, 1.165) is 10.2 Å². The van der Waals surface area contributed by atoms with E-state index in [1.165, 1.54) is 6.07 Å². The second-order valence-corrected chi connectivity index (χ2v) is 5.54. The van der Waals surface area contributed by atoms with Crippen molar-refractivity contribution in [1.29, 1.82) is 0 Å². The van der Waals surface area contributed by atoms with Gasteiger partial charge in [-0.25, -0.2) is 4.39 Å². The van der Waals surface area contributed by atoms with Crippen LogP contribution in [0.25, 0.3) is 0 Å². The first-order valence-electron chi connectivity index (χ1n) is 5.30. The first kappa shape index (κ1) is 13.6. The van der Waals surface area contributed by atoms with Gasteiger partial charge in [0.25, 0.3) is 0 Å². The van der Waals surface area contributed by atoms with Crippen molar-refractivity contribution < 1.29 is 9.50 Å². The van der Waals surface area contributed by atoms with Gasteiger partial charge in [-0.1, -0.05) is 12.1 Å². The molecular formula is C13H10Br2FNO. The van der Waals surface area contributed by atoms with E-state index in [9.17, 15) is 9.50 Å². The fourth-order valence-corrected chi connectivity index (χ4v) is 2.38. The highest BCUT2D eigenvalue weighted by Crippen LogP contribution is 2.28. The van der Waals surface area contributed by atoms with Crippen LogP contribution < -0.4 is 0 Å². The molecular weight excluding hydrogens is 365 g/mol. The highest BCUT2D eigenvalue weighted by Gasteiger charge is 2.15. The summed E-state index contributed by atoms with van der Waals surface area (Å²) >= 11 is 6.44. The van der Waals surface area contributed by atoms with E-state index >= 15 is 0 Å². The SMILES string of the molecule is OC(Cc1ccc(Br)cn1)c1cccc(F)c1Br. The standard InChI is InChI=1S/C13H10Br2FNO/c14-8-4-5-9(17-7-8)6-12(18)10-2-1-3-11(16)13(10)15/h1-5,7,12,18H,6H2. The van der Waals surface area contributed by atoms with Crippen molar-refractivity contribution in [2.45, 2.75) is 12.5 Å². The molecule has 1 heterocycles. The number of aliphatic hydroxyl groups excluding tert-OH is 1. The monoisotopic (exact) mass is 373 g/mol. The molecule has 0 saturated carbocycles. The molecule has 18 heavy (non-hydrogen) atoms. The summed E-state index contributed by atoms with van der Waals surface area (Å²) in [5.74, 6) is -0.379. The molecule has 0 aliphatic rings. The summed E-state index contributed by atoms with van der Waals surface area (Å²) in [7, 11) is 0. The van der Waals surface area contributed by atoms with Gasteiger partial charge in [0.05, 0.1) is 10.6 Å². The number of aromatic nitrogens is 1. The van der Waals surface area contributed by atoms with Gasteiger partial charge >= 0.3 is 0 Å². The average Bonchev–Trinajstić information content (AvgIpc) is 2.35. The Morgan fingerprint density at radius 3 is 2.67 bits per heavy atom. The van der Waals surface area contributed by atoms with Crippen LogP contribution in [0.2, 0.25) is 0 Å². The normalized spacial score (nSPS) is 12.4. The molecule has 0 amide bonds. The van der Waals surface area contributed by atoms with Gasteiger partial charge in [0.2, 0.25) is 0 Å². The Labute approximate surface area is 121 Å². The lowest BCUT2D eigenvalue weighted by Crippen LogP contribution is -2.04. The van der Waals surface area contributed by atoms with Gasteiger partial charge in [0.1, 0.15) is 5.82 Å². The van der Waals surface area contributed by atoms with Crippen LogP contribution in [0.3, 0.4) is 0 Å². The fraction of sp³-hybridized carbons (Fsp3) is 0.154. The van der Waals surface area contributed by atoms with Crippen LogP contribution in [-0.4, -0.2) is 10.1 Å². The maximum atomic E-state index is 13.4. The lowest BCUT2D eigenvalue weighted by Gasteiger charge is -2.12. The summed E-state index contributed by atoms with van der Waals surface area (Å²) in [5, 5.41) is 10.1. The van der Waals surface area contributed by atoms with E-state index in [1.807, 2.05) is 12.1 Å². The molecule has 1 unspecified atom stereocenters. The van der Waals surface area contributed by atoms with E-state index in [0.29, 0.717) is 16.5 Å². The van der Waals surface area contributed by atoms with Crippen LogP contribution >= 0.6 is 31.9 Å². The lowest BCUT2D eigenvalue weighted by atomic mass is 10.0. The molecule has 1 N–H and O–H groups in total. The first-order valence-corrected chi connectivity index (χ1v) is 6.89. The van der Waals surface area contributed by atoms with Crippen LogP contribution in [0, 0.1) is 5.82 Å². The van der Waals surface area contributed by atoms with E-state index < -0.39 is 6.10 Å². The Kier molecular flexibility index (Phi) is 4.48. The number of hydrogen-bond acceptors (Lipinski definition) is 2. The van der Waals surface area contributed by atoms with Gasteiger partial charge in [0.15, 0.2) is 0 Å². The molecule has 0 aliphatic carbocycles. The summed E-state index contributed by atoms with van der Waals surface area (Å²) in [6.07, 6.45) is 1.22. The molecule has 0 radical (unpaired) electrons. The predicted molar refractivity (Wildman–Crippen MR) is 74.7 cm³/mol. The van der Waals surface area contributed by atoms with Crippen LogP contribution in [0.1, 0.15) is 17.4 Å². The number of halogens is 3. The molecule has 5 heteroatoms. The molecule has 1 atom stereocenters. The van der Waals surface area contributed by atoms with E-state index in [1.54, 1.807) is 18.3 Å². The summed E-state index contributed by atoms with van der Waals surface area (Å²) in [4.78, 5) is 4.18. The number of hydrogen-bond donors (Lipinski definition) is 1. The van der Waals surface area contributed by atoms with Gasteiger partial charge < -0.3 is 5.11 Å². The molecule has 2 rings (SSSR count). The summed E-state index contributed by atoms with van der Waals surface area (Å²) < 4.78 is 14.5. The number of pyridine rings is 1. The fourth-order valence-electron chi connectivity index (χ4n) is 1.61. The van der Waals surface area contributed by atoms with Gasteiger partial charge in [-0.3, -0.25) is 4.98 Å². The highest BCUT2D eigenvalue weighted by atomic mass is 79.9. The summed E-state index contributed by atoms with van der Waals surface area (Å²) in [5.41, 5.74) is 1.28. The predicted octanol–water partition coefficient (Wildman–Crippen LogP) is 4.02. The molecule has 94 valence electrons. The number of rotatable bonds is 3. The van der Waals surface area contributed by atoms with Gasteiger partial charge in [-0.05, 0) is 55.6 Å². The second kappa shape index (κ2) is 5.91. The number of nitrogens with zero attached hydrogens (tertiary/aromatic N) is 1. The molecule has 0 saturated heterocycles. The molecule has 2 nitrogen and oxygen atoms in total. The molecule has 2 aromatic rings. The average molecular weight is 375 g/mol. The summed E-state index contributed by atoms with van der Waals surface area (Å²) in [6.45, 7) is 0. The zero-order valence-corrected chi connectivity index (χ0v) is 12.4. The van der Waals surface area contributed by atoms with E-state index in [2.05, 4.69) is 36.8 Å². The van der Waals surface area contributed by atoms with Crippen molar-refractivity contribution in [3.05, 3.63) is 62.5 Å². The topological polar surface area (TPSA) is 33.1 Å². The smallest absolute Gasteiger partial charge is 0.137 e. The minimum Gasteiger partial charge on any atom is -0.388 e. The van der Waals surface area contributed by atoms with Crippen molar-refractivity contribution in [2.24, 2.45) is 0 Å². The minimum absolute atomic E-state index is 0.301. The summed E-state index contributed by atoms with van der Waals surface area (Å²) in [6, 6.07) is 8.29. The molecule has 0 fully saturated rings. The third-order valence-electron chi connectivity index (χ3n) is 2.53. The van der Waals surface area contributed by atoms with Crippen molar-refractivity contribution in [1.82, 2.24) is 4.98 Å². The van der Waals surface area contributed by atoms with Crippen molar-refractivity contribution in [3.63, 3.8) is 0 Å². The van der Waals surface area contributed by atoms with Crippen LogP contribution in [0.4, 0.5) is 4.39 Å². The van der Waals surface area contributed by atoms with Crippen molar-refractivity contribution in [2.75, 3.05) is 0 Å². The van der Waals surface area contributed by atoms with Gasteiger partial charge in [-0.2, -0.15) is 0 Å². The van der Waals surface area contributed by atoms with Crippen LogP contribution in [0.5, 0.6) is 0 Å². The van der Waals surface area contributed by atoms with Gasteiger partial charge in [0, 0.05) is 22.8 Å². The number of benzene rings is 1. The Morgan fingerprint density at radius 2 is 2.00 bits per heavy atom. The Morgan fingerprint density at radius 1 is 1.22 bits per heavy atom. The zero-order valence-electron chi connectivity index (χ0n) is 9.28. The first-order chi connectivity index (χ1) is 8.58. The Balaban J connectivity index is 2.19. The second-order valence-electron chi connectivity index (χ2n) is 3.83. The third kappa shape index (κ3) is 3.16. The maximum absolute atomic E-state index is 13.4. The van der Waals surface area contributed by atoms with Crippen molar-refractivity contribution >= 4 is 31.9 Å². The van der Waals surface area contributed by atoms with Crippen LogP contribution in [0.15, 0.2) is 45.5 Å². The van der Waals surface area contributed by atoms with Gasteiger partial charge in [-0.15, -0.1) is 0 Å². The Hall–Kier alpha value is -0.780. The zero-order chi connectivity index (χ0) is 13.1.